The molecule has 2 unspecified atom stereocenters. The number of esters is 1. The molecule has 0 bridgehead atoms. The molecular weight excluding hydrogens is 672 g/mol. The van der Waals surface area contributed by atoms with Crippen LogP contribution in [-0.2, 0) is 54.6 Å². The molecule has 1 saturated heterocycles. The molecule has 1 aliphatic heterocycles. The third-order valence-corrected chi connectivity index (χ3v) is 9.13. The van der Waals surface area contributed by atoms with E-state index in [9.17, 15) is 31.5 Å². The zero-order valence-electron chi connectivity index (χ0n) is 27.6. The van der Waals surface area contributed by atoms with Gasteiger partial charge < -0.3 is 29.2 Å². The van der Waals surface area contributed by atoms with Gasteiger partial charge in [-0.2, -0.15) is 16.8 Å². The van der Waals surface area contributed by atoms with Crippen LogP contribution in [0.3, 0.4) is 0 Å². The summed E-state index contributed by atoms with van der Waals surface area (Å²) in [6, 6.07) is 7.16. The highest BCUT2D eigenvalue weighted by Crippen LogP contribution is 2.29. The zero-order chi connectivity index (χ0) is 35.1. The largest absolute Gasteiger partial charge is 0.462 e. The van der Waals surface area contributed by atoms with Crippen molar-refractivity contribution in [1.29, 1.82) is 0 Å². The molecule has 6 N–H and O–H groups in total. The smallest absolute Gasteiger partial charge is 0.326 e. The molecule has 1 fully saturated rings. The summed E-state index contributed by atoms with van der Waals surface area (Å²) in [5.41, 5.74) is 4.34. The molecule has 1 aromatic carbocycles. The van der Waals surface area contributed by atoms with Crippen LogP contribution in [0.2, 0.25) is 0 Å². The number of fused-ring (bicyclic) bond motifs is 1. The summed E-state index contributed by atoms with van der Waals surface area (Å²) in [4.78, 5) is 29.7. The van der Waals surface area contributed by atoms with E-state index in [1.54, 1.807) is 32.4 Å². The van der Waals surface area contributed by atoms with Gasteiger partial charge in [-0.15, -0.1) is 0 Å². The van der Waals surface area contributed by atoms with E-state index in [4.69, 9.17) is 23.6 Å². The Hall–Kier alpha value is -3.23. The van der Waals surface area contributed by atoms with Crippen molar-refractivity contribution in [3.05, 3.63) is 51.9 Å². The molecule has 0 aliphatic carbocycles. The van der Waals surface area contributed by atoms with Gasteiger partial charge in [-0.3, -0.25) is 24.0 Å². The summed E-state index contributed by atoms with van der Waals surface area (Å²) >= 11 is 0. The van der Waals surface area contributed by atoms with Crippen LogP contribution in [-0.4, -0.2) is 99.6 Å². The predicted octanol–water partition coefficient (Wildman–Crippen LogP) is 0.865. The van der Waals surface area contributed by atoms with Crippen molar-refractivity contribution < 1.29 is 50.8 Å². The second-order valence-corrected chi connectivity index (χ2v) is 15.1. The van der Waals surface area contributed by atoms with E-state index in [1.807, 2.05) is 31.3 Å². The van der Waals surface area contributed by atoms with E-state index in [0.717, 1.165) is 60.6 Å². The van der Waals surface area contributed by atoms with Crippen LogP contribution in [0.5, 0.6) is 0 Å². The minimum atomic E-state index is -4.30. The van der Waals surface area contributed by atoms with Gasteiger partial charge >= 0.3 is 5.97 Å². The molecule has 0 spiro atoms. The van der Waals surface area contributed by atoms with Gasteiger partial charge in [0.1, 0.15) is 11.9 Å². The Bertz CT molecular complexity index is 1750. The number of ether oxygens (including phenoxy) is 2. The second kappa shape index (κ2) is 17.4. The normalized spacial score (nSPS) is 15.4. The molecule has 18 heteroatoms. The number of benzene rings is 1. The van der Waals surface area contributed by atoms with Gasteiger partial charge in [-0.25, -0.2) is 4.98 Å². The Labute approximate surface area is 279 Å². The lowest BCUT2D eigenvalue weighted by Crippen LogP contribution is -2.46. The lowest BCUT2D eigenvalue weighted by Gasteiger charge is -2.23. The van der Waals surface area contributed by atoms with Gasteiger partial charge in [0, 0.05) is 50.7 Å². The Morgan fingerprint density at radius 3 is 2.21 bits per heavy atom. The summed E-state index contributed by atoms with van der Waals surface area (Å²) < 4.78 is 70.1. The lowest BCUT2D eigenvalue weighted by molar-refractivity contribution is -0.152. The lowest BCUT2D eigenvalue weighted by atomic mass is 10.00. The number of aryl methyl sites for hydroxylation is 2. The molecule has 3 heterocycles. The molecular formula is C30H46N4O12S2. The first kappa shape index (κ1) is 40.9. The number of hydrogen-bond donors (Lipinski definition) is 4. The van der Waals surface area contributed by atoms with Gasteiger partial charge in [-0.05, 0) is 70.2 Å². The summed E-state index contributed by atoms with van der Waals surface area (Å²) in [5, 5.41) is 13.3. The van der Waals surface area contributed by atoms with Crippen LogP contribution in [0.4, 0.5) is 0 Å². The summed E-state index contributed by atoms with van der Waals surface area (Å²) in [6.07, 6.45) is 2.69. The van der Waals surface area contributed by atoms with Gasteiger partial charge in [-0.1, -0.05) is 6.07 Å². The first-order valence-electron chi connectivity index (χ1n) is 15.1. The third-order valence-electron chi connectivity index (χ3n) is 7.43. The molecule has 270 valence electrons. The molecule has 48 heavy (non-hydrogen) atoms. The maximum Gasteiger partial charge on any atom is 0.326 e. The first-order valence-corrected chi connectivity index (χ1v) is 18.3. The van der Waals surface area contributed by atoms with Crippen molar-refractivity contribution in [2.24, 2.45) is 13.0 Å². The number of imidazole rings is 1. The third kappa shape index (κ3) is 12.3. The number of aromatic nitrogens is 3. The van der Waals surface area contributed by atoms with Crippen molar-refractivity contribution in [3.8, 4) is 11.4 Å². The van der Waals surface area contributed by atoms with E-state index >= 15 is 0 Å². The quantitative estimate of drug-likeness (QED) is 0.150. The zero-order valence-corrected chi connectivity index (χ0v) is 29.3. The fourth-order valence-electron chi connectivity index (χ4n) is 5.07. The number of nitrogens with one attached hydrogen (secondary N) is 1. The maximum atomic E-state index is 12.4. The average Bonchev–Trinajstić information content (AvgIpc) is 3.31. The average molecular weight is 719 g/mol. The standard InChI is InChI=1S/C28H38N4O5.C2H6O6S2.H2O/c1-17(2)37-28(35)25(19(4)33)29-14-21-6-7-24-23(13-21)30-26(22-12-18(3)27(34)31(5)16-22)32(24)15-20-8-10-36-11-9-20;3-9(4,5)1-2-10(6,7)8;/h6-7,12-13,16-17,19-20,25,29,33H,8-11,14-15H2,1-5H3;1-2H2,(H,3,4,5)(H,6,7,8);1H2. The van der Waals surface area contributed by atoms with E-state index in [0.29, 0.717) is 18.0 Å². The molecule has 0 saturated carbocycles. The number of carbonyl (C=O) groups excluding carboxylic acids is 1. The van der Waals surface area contributed by atoms with Crippen molar-refractivity contribution >= 4 is 37.2 Å². The summed E-state index contributed by atoms with van der Waals surface area (Å²) in [6.45, 7) is 9.69. The van der Waals surface area contributed by atoms with E-state index in [2.05, 4.69) is 16.0 Å². The molecule has 3 aromatic rings. The number of pyridine rings is 1. The number of hydrogen-bond acceptors (Lipinski definition) is 11. The number of nitrogens with zero attached hydrogens (tertiary/aromatic N) is 3. The second-order valence-electron chi connectivity index (χ2n) is 11.9. The van der Waals surface area contributed by atoms with E-state index in [1.165, 1.54) is 0 Å². The van der Waals surface area contributed by atoms with Gasteiger partial charge in [0.05, 0.1) is 34.7 Å². The van der Waals surface area contributed by atoms with Crippen LogP contribution in [0.1, 0.15) is 44.7 Å². The Kier molecular flexibility index (Phi) is 14.9. The number of carbonyl (C=O) groups is 1. The van der Waals surface area contributed by atoms with Crippen molar-refractivity contribution in [1.82, 2.24) is 19.4 Å². The summed E-state index contributed by atoms with van der Waals surface area (Å²) in [7, 11) is -6.83. The van der Waals surface area contributed by atoms with Gasteiger partial charge in [0.15, 0.2) is 0 Å². The maximum absolute atomic E-state index is 12.4. The van der Waals surface area contributed by atoms with Crippen molar-refractivity contribution in [3.63, 3.8) is 0 Å². The topological polar surface area (TPSA) is 248 Å². The van der Waals surface area contributed by atoms with Crippen LogP contribution >= 0.6 is 0 Å². The van der Waals surface area contributed by atoms with E-state index in [-0.39, 0.29) is 17.1 Å². The highest BCUT2D eigenvalue weighted by molar-refractivity contribution is 7.89. The molecule has 16 nitrogen and oxygen atoms in total. The monoisotopic (exact) mass is 718 g/mol. The molecule has 0 amide bonds. The Balaban J connectivity index is 0.000000633. The Morgan fingerprint density at radius 2 is 1.69 bits per heavy atom. The van der Waals surface area contributed by atoms with Crippen molar-refractivity contribution in [2.75, 3.05) is 24.7 Å². The Morgan fingerprint density at radius 1 is 1.08 bits per heavy atom. The van der Waals surface area contributed by atoms with Crippen LogP contribution in [0, 0.1) is 12.8 Å². The molecule has 0 radical (unpaired) electrons. The first-order chi connectivity index (χ1) is 21.8. The molecule has 2 atom stereocenters. The number of aliphatic hydroxyl groups is 1. The molecule has 2 aromatic heterocycles. The van der Waals surface area contributed by atoms with Crippen LogP contribution in [0.25, 0.3) is 22.4 Å². The SMILES string of the molecule is Cc1cc(-c2nc3cc(CNC(C(=O)OC(C)C)C(C)O)ccc3n2CC2CCOCC2)cn(C)c1=O.O.O=S(=O)(O)CCS(=O)(=O)O. The number of aliphatic hydroxyl groups excluding tert-OH is 1. The molecule has 1 aliphatic rings. The van der Waals surface area contributed by atoms with Gasteiger partial charge in [0.25, 0.3) is 25.8 Å². The minimum Gasteiger partial charge on any atom is -0.462 e. The van der Waals surface area contributed by atoms with Gasteiger partial charge in [0.2, 0.25) is 0 Å². The fourth-order valence-corrected chi connectivity index (χ4v) is 6.76. The van der Waals surface area contributed by atoms with Crippen LogP contribution in [0.15, 0.2) is 35.3 Å². The summed E-state index contributed by atoms with van der Waals surface area (Å²) in [5.74, 6) is -1.12. The number of rotatable bonds is 12. The molecule has 4 rings (SSSR count). The predicted molar refractivity (Wildman–Crippen MR) is 179 cm³/mol. The van der Waals surface area contributed by atoms with E-state index < -0.39 is 49.9 Å². The highest BCUT2D eigenvalue weighted by Gasteiger charge is 2.26. The fraction of sp³-hybridized carbons (Fsp3) is 0.567. The minimum absolute atomic E-state index is 0. The van der Waals surface area contributed by atoms with Crippen molar-refractivity contribution in [2.45, 2.75) is 71.9 Å². The highest BCUT2D eigenvalue weighted by atomic mass is 32.2. The van der Waals surface area contributed by atoms with Crippen LogP contribution < -0.4 is 10.9 Å².